The summed E-state index contributed by atoms with van der Waals surface area (Å²) in [7, 11) is 0. The molecule has 0 aliphatic heterocycles. The van der Waals surface area contributed by atoms with Gasteiger partial charge < -0.3 is 5.11 Å². The zero-order valence-electron chi connectivity index (χ0n) is 14.1. The van der Waals surface area contributed by atoms with Crippen LogP contribution in [-0.2, 0) is 0 Å². The molecule has 2 aromatic heterocycles. The third-order valence-corrected chi connectivity index (χ3v) is 4.24. The molecule has 4 nitrogen and oxygen atoms in total. The van der Waals surface area contributed by atoms with E-state index in [-0.39, 0.29) is 11.6 Å². The van der Waals surface area contributed by atoms with Crippen LogP contribution in [0.2, 0.25) is 0 Å². The number of aromatic hydroxyl groups is 1. The summed E-state index contributed by atoms with van der Waals surface area (Å²) in [5.74, 6) is -0.175. The first-order chi connectivity index (χ1) is 12.6. The molecular formula is C21H16FN3O. The first-order valence-electron chi connectivity index (χ1n) is 8.18. The number of halogens is 1. The lowest BCUT2D eigenvalue weighted by atomic mass is 9.98. The van der Waals surface area contributed by atoms with E-state index >= 15 is 0 Å². The average molecular weight is 345 g/mol. The van der Waals surface area contributed by atoms with Gasteiger partial charge in [0.2, 0.25) is 0 Å². The molecule has 4 aromatic rings. The van der Waals surface area contributed by atoms with Crippen LogP contribution in [0.25, 0.3) is 33.6 Å². The Balaban J connectivity index is 1.82. The monoisotopic (exact) mass is 345 g/mol. The van der Waals surface area contributed by atoms with Gasteiger partial charge in [0, 0.05) is 16.8 Å². The Morgan fingerprint density at radius 2 is 1.69 bits per heavy atom. The lowest BCUT2D eigenvalue weighted by Crippen LogP contribution is -1.90. The molecule has 0 fully saturated rings. The zero-order valence-corrected chi connectivity index (χ0v) is 14.1. The number of nitrogens with zero attached hydrogens (tertiary/aromatic N) is 2. The van der Waals surface area contributed by atoms with Gasteiger partial charge in [-0.05, 0) is 54.4 Å². The van der Waals surface area contributed by atoms with Crippen LogP contribution < -0.4 is 0 Å². The van der Waals surface area contributed by atoms with Crippen LogP contribution in [0.15, 0.2) is 66.9 Å². The quantitative estimate of drug-likeness (QED) is 0.552. The fourth-order valence-electron chi connectivity index (χ4n) is 2.94. The molecule has 2 aromatic carbocycles. The number of aryl methyl sites for hydroxylation is 1. The highest BCUT2D eigenvalue weighted by Crippen LogP contribution is 2.33. The second kappa shape index (κ2) is 6.44. The molecule has 4 rings (SSSR count). The van der Waals surface area contributed by atoms with Crippen molar-refractivity contribution in [3.8, 4) is 39.4 Å². The number of benzene rings is 2. The molecule has 2 heterocycles. The van der Waals surface area contributed by atoms with Crippen molar-refractivity contribution in [3.05, 3.63) is 78.4 Å². The third kappa shape index (κ3) is 2.95. The Bertz CT molecular complexity index is 1070. The summed E-state index contributed by atoms with van der Waals surface area (Å²) in [4.78, 5) is 4.54. The van der Waals surface area contributed by atoms with E-state index in [4.69, 9.17) is 0 Å². The summed E-state index contributed by atoms with van der Waals surface area (Å²) in [6.07, 6.45) is 1.72. The predicted octanol–water partition coefficient (Wildman–Crippen LogP) is 4.96. The van der Waals surface area contributed by atoms with Gasteiger partial charge in [-0.2, -0.15) is 5.10 Å². The van der Waals surface area contributed by atoms with Crippen molar-refractivity contribution in [1.82, 2.24) is 15.2 Å². The molecule has 2 N–H and O–H groups in total. The molecule has 26 heavy (non-hydrogen) atoms. The van der Waals surface area contributed by atoms with Gasteiger partial charge in [0.25, 0.3) is 0 Å². The van der Waals surface area contributed by atoms with Gasteiger partial charge in [0.05, 0.1) is 17.6 Å². The first-order valence-corrected chi connectivity index (χ1v) is 8.18. The van der Waals surface area contributed by atoms with Crippen molar-refractivity contribution in [2.45, 2.75) is 6.92 Å². The van der Waals surface area contributed by atoms with Crippen LogP contribution in [0, 0.1) is 12.7 Å². The van der Waals surface area contributed by atoms with Crippen molar-refractivity contribution in [3.63, 3.8) is 0 Å². The highest BCUT2D eigenvalue weighted by atomic mass is 19.1. The second-order valence-electron chi connectivity index (χ2n) is 6.06. The van der Waals surface area contributed by atoms with Crippen LogP contribution >= 0.6 is 0 Å². The van der Waals surface area contributed by atoms with E-state index in [1.807, 2.05) is 25.1 Å². The highest BCUT2D eigenvalue weighted by Gasteiger charge is 2.14. The molecule has 0 aliphatic carbocycles. The summed E-state index contributed by atoms with van der Waals surface area (Å²) in [6, 6.07) is 17.2. The maximum absolute atomic E-state index is 14.4. The van der Waals surface area contributed by atoms with Gasteiger partial charge >= 0.3 is 0 Å². The van der Waals surface area contributed by atoms with Crippen molar-refractivity contribution in [2.24, 2.45) is 0 Å². The SMILES string of the molecule is Cc1cccc(-c2[nH]ncc2-c2ccc(F)c(-c3ccc(O)cc3)c2)n1. The molecule has 0 bridgehead atoms. The Morgan fingerprint density at radius 3 is 2.46 bits per heavy atom. The van der Waals surface area contributed by atoms with Crippen LogP contribution in [0.4, 0.5) is 4.39 Å². The molecule has 0 saturated heterocycles. The van der Waals surface area contributed by atoms with Crippen molar-refractivity contribution < 1.29 is 9.50 Å². The van der Waals surface area contributed by atoms with E-state index in [0.29, 0.717) is 11.1 Å². The van der Waals surface area contributed by atoms with Crippen LogP contribution in [0.1, 0.15) is 5.69 Å². The molecule has 0 saturated carbocycles. The fraction of sp³-hybridized carbons (Fsp3) is 0.0476. The number of pyridine rings is 1. The third-order valence-electron chi connectivity index (χ3n) is 4.24. The minimum atomic E-state index is -0.321. The van der Waals surface area contributed by atoms with Gasteiger partial charge in [0.1, 0.15) is 11.6 Å². The van der Waals surface area contributed by atoms with E-state index in [1.54, 1.807) is 42.6 Å². The highest BCUT2D eigenvalue weighted by molar-refractivity contribution is 5.81. The minimum Gasteiger partial charge on any atom is -0.508 e. The van der Waals surface area contributed by atoms with Crippen molar-refractivity contribution in [1.29, 1.82) is 0 Å². The maximum atomic E-state index is 14.4. The number of phenols is 1. The molecular weight excluding hydrogens is 329 g/mol. The van der Waals surface area contributed by atoms with E-state index in [9.17, 15) is 9.50 Å². The molecule has 0 radical (unpaired) electrons. The standard InChI is InChI=1S/C21H16FN3O/c1-13-3-2-4-20(24-13)21-18(12-23-25-21)15-7-10-19(22)17(11-15)14-5-8-16(26)9-6-14/h2-12,26H,1H3,(H,23,25). The zero-order chi connectivity index (χ0) is 18.1. The first kappa shape index (κ1) is 16.0. The van der Waals surface area contributed by atoms with Crippen LogP contribution in [-0.4, -0.2) is 20.3 Å². The van der Waals surface area contributed by atoms with Crippen molar-refractivity contribution >= 4 is 0 Å². The number of H-pyrrole nitrogens is 1. The summed E-state index contributed by atoms with van der Waals surface area (Å²) in [6.45, 7) is 1.93. The number of aromatic nitrogens is 3. The van der Waals surface area contributed by atoms with Gasteiger partial charge in [0.15, 0.2) is 0 Å². The maximum Gasteiger partial charge on any atom is 0.131 e. The summed E-state index contributed by atoms with van der Waals surface area (Å²) in [5, 5.41) is 16.6. The Morgan fingerprint density at radius 1 is 0.923 bits per heavy atom. The Labute approximate surface area is 150 Å². The van der Waals surface area contributed by atoms with E-state index < -0.39 is 0 Å². The topological polar surface area (TPSA) is 61.8 Å². The Kier molecular flexibility index (Phi) is 3.97. The fourth-order valence-corrected chi connectivity index (χ4v) is 2.94. The average Bonchev–Trinajstić information content (AvgIpc) is 3.13. The number of rotatable bonds is 3. The number of hydrogen-bond acceptors (Lipinski definition) is 3. The normalized spacial score (nSPS) is 10.8. The summed E-state index contributed by atoms with van der Waals surface area (Å²) in [5.41, 5.74) is 5.33. The molecule has 0 aliphatic rings. The summed E-state index contributed by atoms with van der Waals surface area (Å²) >= 11 is 0. The number of hydrogen-bond donors (Lipinski definition) is 2. The molecule has 5 heteroatoms. The molecule has 128 valence electrons. The number of nitrogens with one attached hydrogen (secondary N) is 1. The second-order valence-corrected chi connectivity index (χ2v) is 6.06. The van der Waals surface area contributed by atoms with Gasteiger partial charge in [-0.25, -0.2) is 4.39 Å². The number of aromatic amines is 1. The lowest BCUT2D eigenvalue weighted by Gasteiger charge is -2.08. The molecule has 0 atom stereocenters. The lowest BCUT2D eigenvalue weighted by molar-refractivity contribution is 0.475. The largest absolute Gasteiger partial charge is 0.508 e. The van der Waals surface area contributed by atoms with Gasteiger partial charge in [-0.15, -0.1) is 0 Å². The van der Waals surface area contributed by atoms with Crippen LogP contribution in [0.3, 0.4) is 0 Å². The van der Waals surface area contributed by atoms with E-state index in [1.165, 1.54) is 6.07 Å². The molecule has 0 amide bonds. The minimum absolute atomic E-state index is 0.146. The smallest absolute Gasteiger partial charge is 0.131 e. The van der Waals surface area contributed by atoms with E-state index in [0.717, 1.165) is 28.2 Å². The van der Waals surface area contributed by atoms with Crippen molar-refractivity contribution in [2.75, 3.05) is 0 Å². The van der Waals surface area contributed by atoms with Gasteiger partial charge in [-0.1, -0.05) is 24.3 Å². The molecule has 0 unspecified atom stereocenters. The van der Waals surface area contributed by atoms with Crippen LogP contribution in [0.5, 0.6) is 5.75 Å². The number of phenolic OH excluding ortho intramolecular Hbond substituents is 1. The van der Waals surface area contributed by atoms with Gasteiger partial charge in [-0.3, -0.25) is 10.1 Å². The Hall–Kier alpha value is -3.47. The van der Waals surface area contributed by atoms with E-state index in [2.05, 4.69) is 15.2 Å². The predicted molar refractivity (Wildman–Crippen MR) is 99.1 cm³/mol. The molecule has 0 spiro atoms. The summed E-state index contributed by atoms with van der Waals surface area (Å²) < 4.78 is 14.4.